The fourth-order valence-corrected chi connectivity index (χ4v) is 5.14. The van der Waals surface area contributed by atoms with Crippen molar-refractivity contribution in [3.8, 4) is 17.3 Å². The van der Waals surface area contributed by atoms with Gasteiger partial charge in [-0.15, -0.1) is 11.3 Å². The van der Waals surface area contributed by atoms with E-state index >= 15 is 0 Å². The van der Waals surface area contributed by atoms with Gasteiger partial charge in [-0.2, -0.15) is 9.57 Å². The van der Waals surface area contributed by atoms with Gasteiger partial charge < -0.3 is 9.47 Å². The van der Waals surface area contributed by atoms with Crippen LogP contribution in [-0.4, -0.2) is 64.1 Å². The van der Waals surface area contributed by atoms with Crippen molar-refractivity contribution in [3.63, 3.8) is 0 Å². The van der Waals surface area contributed by atoms with Crippen LogP contribution in [0.25, 0.3) is 11.3 Å². The Kier molecular flexibility index (Phi) is 8.86. The van der Waals surface area contributed by atoms with E-state index in [1.165, 1.54) is 54.1 Å². The molecule has 0 fully saturated rings. The molecule has 0 unspecified atom stereocenters. The number of carbonyl (C=O) groups is 1. The maximum absolute atomic E-state index is 13.0. The molecule has 34 heavy (non-hydrogen) atoms. The third-order valence-corrected chi connectivity index (χ3v) is 7.55. The molecule has 0 aliphatic heterocycles. The Morgan fingerprint density at radius 1 is 1.06 bits per heavy atom. The van der Waals surface area contributed by atoms with Gasteiger partial charge in [0, 0.05) is 43.8 Å². The summed E-state index contributed by atoms with van der Waals surface area (Å²) in [4.78, 5) is 17.1. The van der Waals surface area contributed by atoms with Gasteiger partial charge in [0.25, 0.3) is 5.91 Å². The standard InChI is InChI=1S/C23H24N4O5S2/c1-31-13-11-27(12-14-32-2)34(29,30)20-9-7-19(8-10-20)22(28)26-23-25-21(16-33-23)18-5-3-17(15-24)4-6-18/h3-10,16H,11-14H2,1-2H3,(H,25,26,28). The summed E-state index contributed by atoms with van der Waals surface area (Å²) in [5.74, 6) is -0.403. The summed E-state index contributed by atoms with van der Waals surface area (Å²) in [5.41, 5.74) is 2.36. The number of sulfonamides is 1. The van der Waals surface area contributed by atoms with Gasteiger partial charge in [0.15, 0.2) is 5.13 Å². The Hall–Kier alpha value is -3.14. The molecule has 0 saturated heterocycles. The molecule has 0 saturated carbocycles. The van der Waals surface area contributed by atoms with Crippen LogP contribution in [0, 0.1) is 11.3 Å². The number of methoxy groups -OCH3 is 2. The summed E-state index contributed by atoms with van der Waals surface area (Å²) < 4.78 is 37.3. The summed E-state index contributed by atoms with van der Waals surface area (Å²) >= 11 is 1.27. The average molecular weight is 501 g/mol. The first-order valence-electron chi connectivity index (χ1n) is 10.2. The Morgan fingerprint density at radius 3 is 2.24 bits per heavy atom. The second-order valence-electron chi connectivity index (χ2n) is 7.10. The Labute approximate surface area is 202 Å². The highest BCUT2D eigenvalue weighted by molar-refractivity contribution is 7.89. The van der Waals surface area contributed by atoms with Crippen molar-refractivity contribution in [1.29, 1.82) is 5.26 Å². The van der Waals surface area contributed by atoms with Crippen molar-refractivity contribution in [2.75, 3.05) is 45.8 Å². The Balaban J connectivity index is 1.70. The van der Waals surface area contributed by atoms with E-state index in [4.69, 9.17) is 14.7 Å². The summed E-state index contributed by atoms with van der Waals surface area (Å²) in [6.07, 6.45) is 0. The number of hydrogen-bond donors (Lipinski definition) is 1. The summed E-state index contributed by atoms with van der Waals surface area (Å²) in [5, 5.41) is 13.9. The van der Waals surface area contributed by atoms with Crippen LogP contribution in [0.5, 0.6) is 0 Å². The van der Waals surface area contributed by atoms with Crippen LogP contribution in [0.15, 0.2) is 58.8 Å². The van der Waals surface area contributed by atoms with E-state index in [-0.39, 0.29) is 31.2 Å². The average Bonchev–Trinajstić information content (AvgIpc) is 3.32. The second kappa shape index (κ2) is 11.8. The topological polar surface area (TPSA) is 122 Å². The number of thiazole rings is 1. The minimum Gasteiger partial charge on any atom is -0.383 e. The van der Waals surface area contributed by atoms with Crippen molar-refractivity contribution in [2.24, 2.45) is 0 Å². The van der Waals surface area contributed by atoms with Gasteiger partial charge in [0.1, 0.15) is 0 Å². The lowest BCUT2D eigenvalue weighted by Crippen LogP contribution is -2.36. The number of amides is 1. The number of nitriles is 1. The second-order valence-corrected chi connectivity index (χ2v) is 9.89. The van der Waals surface area contributed by atoms with Crippen LogP contribution >= 0.6 is 11.3 Å². The minimum absolute atomic E-state index is 0.0774. The van der Waals surface area contributed by atoms with E-state index in [0.717, 1.165) is 5.56 Å². The number of nitrogens with one attached hydrogen (secondary N) is 1. The zero-order valence-electron chi connectivity index (χ0n) is 18.7. The van der Waals surface area contributed by atoms with Crippen LogP contribution in [0.2, 0.25) is 0 Å². The Bertz CT molecular complexity index is 1240. The van der Waals surface area contributed by atoms with Crippen LogP contribution in [0.1, 0.15) is 15.9 Å². The highest BCUT2D eigenvalue weighted by Gasteiger charge is 2.24. The zero-order chi connectivity index (χ0) is 24.6. The van der Waals surface area contributed by atoms with E-state index in [1.54, 1.807) is 29.6 Å². The summed E-state index contributed by atoms with van der Waals surface area (Å²) in [6, 6.07) is 14.8. The monoisotopic (exact) mass is 500 g/mol. The number of carbonyl (C=O) groups excluding carboxylic acids is 1. The maximum atomic E-state index is 13.0. The lowest BCUT2D eigenvalue weighted by atomic mass is 10.1. The molecule has 1 aromatic heterocycles. The van der Waals surface area contributed by atoms with Crippen molar-refractivity contribution < 1.29 is 22.7 Å². The molecule has 0 radical (unpaired) electrons. The molecule has 1 heterocycles. The van der Waals surface area contributed by atoms with Gasteiger partial charge in [0.05, 0.1) is 35.4 Å². The van der Waals surface area contributed by atoms with Crippen LogP contribution < -0.4 is 5.32 Å². The van der Waals surface area contributed by atoms with Crippen molar-refractivity contribution in [3.05, 3.63) is 65.0 Å². The fourth-order valence-electron chi connectivity index (χ4n) is 3.01. The molecule has 3 aromatic rings. The maximum Gasteiger partial charge on any atom is 0.257 e. The molecule has 11 heteroatoms. The molecule has 1 amide bonds. The third-order valence-electron chi connectivity index (χ3n) is 4.88. The van der Waals surface area contributed by atoms with Crippen LogP contribution in [0.4, 0.5) is 5.13 Å². The van der Waals surface area contributed by atoms with Gasteiger partial charge in [-0.3, -0.25) is 10.1 Å². The van der Waals surface area contributed by atoms with Crippen LogP contribution in [0.3, 0.4) is 0 Å². The van der Waals surface area contributed by atoms with Gasteiger partial charge in [0.2, 0.25) is 10.0 Å². The first-order valence-corrected chi connectivity index (χ1v) is 12.6. The van der Waals surface area contributed by atoms with Gasteiger partial charge in [-0.25, -0.2) is 13.4 Å². The van der Waals surface area contributed by atoms with E-state index in [9.17, 15) is 13.2 Å². The summed E-state index contributed by atoms with van der Waals surface area (Å²) in [7, 11) is -0.760. The molecule has 9 nitrogen and oxygen atoms in total. The third kappa shape index (κ3) is 6.25. The molecular weight excluding hydrogens is 476 g/mol. The molecule has 0 atom stereocenters. The van der Waals surface area contributed by atoms with E-state index in [0.29, 0.717) is 22.0 Å². The number of benzene rings is 2. The number of rotatable bonds is 11. The molecule has 0 bridgehead atoms. The Morgan fingerprint density at radius 2 is 1.68 bits per heavy atom. The first-order chi connectivity index (χ1) is 16.4. The summed E-state index contributed by atoms with van der Waals surface area (Å²) in [6.45, 7) is 0.884. The highest BCUT2D eigenvalue weighted by Crippen LogP contribution is 2.26. The van der Waals surface area contributed by atoms with E-state index in [2.05, 4.69) is 16.4 Å². The molecule has 3 rings (SSSR count). The number of hydrogen-bond acceptors (Lipinski definition) is 8. The van der Waals surface area contributed by atoms with Crippen LogP contribution in [-0.2, 0) is 19.5 Å². The predicted octanol–water partition coefficient (Wildman–Crippen LogP) is 3.22. The van der Waals surface area contributed by atoms with E-state index in [1.807, 2.05) is 0 Å². The molecule has 1 N–H and O–H groups in total. The lowest BCUT2D eigenvalue weighted by Gasteiger charge is -2.21. The molecular formula is C23H24N4O5S2. The number of nitrogens with zero attached hydrogens (tertiary/aromatic N) is 3. The van der Waals surface area contributed by atoms with Crippen molar-refractivity contribution in [1.82, 2.24) is 9.29 Å². The van der Waals surface area contributed by atoms with Gasteiger partial charge in [-0.1, -0.05) is 12.1 Å². The number of ether oxygens (including phenoxy) is 2. The number of aromatic nitrogens is 1. The SMILES string of the molecule is COCCN(CCOC)S(=O)(=O)c1ccc(C(=O)Nc2nc(-c3ccc(C#N)cc3)cs2)cc1. The largest absolute Gasteiger partial charge is 0.383 e. The normalized spacial score (nSPS) is 11.4. The molecule has 2 aromatic carbocycles. The predicted molar refractivity (Wildman–Crippen MR) is 129 cm³/mol. The van der Waals surface area contributed by atoms with Gasteiger partial charge >= 0.3 is 0 Å². The molecule has 0 spiro atoms. The quantitative estimate of drug-likeness (QED) is 0.429. The number of anilines is 1. The minimum atomic E-state index is -3.77. The van der Waals surface area contributed by atoms with E-state index < -0.39 is 15.9 Å². The smallest absolute Gasteiger partial charge is 0.257 e. The zero-order valence-corrected chi connectivity index (χ0v) is 20.4. The first kappa shape index (κ1) is 25.5. The molecule has 0 aliphatic carbocycles. The van der Waals surface area contributed by atoms with Crippen molar-refractivity contribution >= 4 is 32.4 Å². The van der Waals surface area contributed by atoms with Crippen molar-refractivity contribution in [2.45, 2.75) is 4.90 Å². The van der Waals surface area contributed by atoms with Gasteiger partial charge in [-0.05, 0) is 36.4 Å². The highest BCUT2D eigenvalue weighted by atomic mass is 32.2. The molecule has 0 aliphatic rings. The lowest BCUT2D eigenvalue weighted by molar-refractivity contribution is 0.102. The molecule has 178 valence electrons. The fraction of sp³-hybridized carbons (Fsp3) is 0.261.